The van der Waals surface area contributed by atoms with E-state index in [-0.39, 0.29) is 17.6 Å². The van der Waals surface area contributed by atoms with Crippen molar-refractivity contribution in [1.29, 1.82) is 0 Å². The van der Waals surface area contributed by atoms with Crippen LogP contribution in [0.25, 0.3) is 11.3 Å². The third kappa shape index (κ3) is 4.43. The second-order valence-corrected chi connectivity index (χ2v) is 7.83. The van der Waals surface area contributed by atoms with E-state index in [9.17, 15) is 18.0 Å². The van der Waals surface area contributed by atoms with Crippen LogP contribution < -0.4 is 15.5 Å². The number of alkyl halides is 3. The molecule has 2 aliphatic rings. The quantitative estimate of drug-likeness (QED) is 0.743. The van der Waals surface area contributed by atoms with Gasteiger partial charge in [0, 0.05) is 43.0 Å². The lowest BCUT2D eigenvalue weighted by Gasteiger charge is -2.33. The van der Waals surface area contributed by atoms with Crippen LogP contribution in [0.15, 0.2) is 24.4 Å². The normalized spacial score (nSPS) is 21.3. The van der Waals surface area contributed by atoms with Crippen molar-refractivity contribution in [3.05, 3.63) is 35.5 Å². The van der Waals surface area contributed by atoms with Crippen molar-refractivity contribution in [3.63, 3.8) is 0 Å². The number of carbonyl (C=O) groups excluding carboxylic acids is 1. The second kappa shape index (κ2) is 8.33. The molecule has 7 nitrogen and oxygen atoms in total. The van der Waals surface area contributed by atoms with Gasteiger partial charge >= 0.3 is 12.3 Å². The molecule has 0 bridgehead atoms. The highest BCUT2D eigenvalue weighted by molar-refractivity contribution is 5.89. The summed E-state index contributed by atoms with van der Waals surface area (Å²) in [6.07, 6.45) is -3.03. The van der Waals surface area contributed by atoms with Crippen LogP contribution in [0.3, 0.4) is 0 Å². The highest BCUT2D eigenvalue weighted by Gasteiger charge is 2.35. The van der Waals surface area contributed by atoms with Crippen LogP contribution in [-0.4, -0.2) is 41.7 Å². The lowest BCUT2D eigenvalue weighted by Crippen LogP contribution is -2.49. The monoisotopic (exact) mass is 435 g/mol. The van der Waals surface area contributed by atoms with Crippen LogP contribution in [-0.2, 0) is 10.9 Å². The van der Waals surface area contributed by atoms with Crippen molar-refractivity contribution in [2.75, 3.05) is 29.9 Å². The number of piperazine rings is 1. The first-order valence-corrected chi connectivity index (χ1v) is 10.3. The lowest BCUT2D eigenvalue weighted by atomic mass is 9.96. The smallest absolute Gasteiger partial charge is 0.416 e. The van der Waals surface area contributed by atoms with Crippen molar-refractivity contribution in [2.45, 2.75) is 45.0 Å². The van der Waals surface area contributed by atoms with Gasteiger partial charge in [-0.2, -0.15) is 13.2 Å². The number of aromatic nitrogens is 2. The first-order valence-electron chi connectivity index (χ1n) is 10.3. The molecule has 0 spiro atoms. The number of rotatable bonds is 4. The summed E-state index contributed by atoms with van der Waals surface area (Å²) in [5.74, 6) is 0.570. The average Bonchev–Trinajstić information content (AvgIpc) is 2.72. The second-order valence-electron chi connectivity index (χ2n) is 7.83. The van der Waals surface area contributed by atoms with Gasteiger partial charge in [-0.3, -0.25) is 5.32 Å². The molecule has 2 aliphatic heterocycles. The predicted molar refractivity (Wildman–Crippen MR) is 110 cm³/mol. The summed E-state index contributed by atoms with van der Waals surface area (Å²) in [5.41, 5.74) is 0.432. The summed E-state index contributed by atoms with van der Waals surface area (Å²) in [6, 6.07) is 3.90. The van der Waals surface area contributed by atoms with E-state index < -0.39 is 23.9 Å². The fourth-order valence-electron chi connectivity index (χ4n) is 4.02. The van der Waals surface area contributed by atoms with Gasteiger partial charge in [0.25, 0.3) is 0 Å². The third-order valence-electron chi connectivity index (χ3n) is 5.44. The van der Waals surface area contributed by atoms with Crippen molar-refractivity contribution >= 4 is 17.7 Å². The number of carbonyl (C=O) groups is 1. The van der Waals surface area contributed by atoms with Gasteiger partial charge in [0.2, 0.25) is 0 Å². The molecule has 0 radical (unpaired) electrons. The Kier molecular flexibility index (Phi) is 5.74. The summed E-state index contributed by atoms with van der Waals surface area (Å²) in [6.45, 7) is 5.70. The summed E-state index contributed by atoms with van der Waals surface area (Å²) in [7, 11) is 0. The summed E-state index contributed by atoms with van der Waals surface area (Å²) in [4.78, 5) is 22.5. The zero-order chi connectivity index (χ0) is 22.2. The zero-order valence-electron chi connectivity index (χ0n) is 17.3. The van der Waals surface area contributed by atoms with Crippen molar-refractivity contribution < 1.29 is 22.7 Å². The molecule has 2 N–H and O–H groups in total. The van der Waals surface area contributed by atoms with Gasteiger partial charge in [-0.1, -0.05) is 13.3 Å². The molecule has 10 heteroatoms. The third-order valence-corrected chi connectivity index (χ3v) is 5.44. The van der Waals surface area contributed by atoms with Crippen molar-refractivity contribution in [3.8, 4) is 11.3 Å². The van der Waals surface area contributed by atoms with Crippen LogP contribution in [0.5, 0.6) is 0 Å². The average molecular weight is 435 g/mol. The molecule has 1 amide bonds. The van der Waals surface area contributed by atoms with Gasteiger partial charge in [0.05, 0.1) is 11.3 Å². The van der Waals surface area contributed by atoms with Gasteiger partial charge in [-0.05, 0) is 31.5 Å². The van der Waals surface area contributed by atoms with E-state index in [4.69, 9.17) is 4.74 Å². The highest BCUT2D eigenvalue weighted by atomic mass is 19.4. The van der Waals surface area contributed by atoms with Crippen LogP contribution in [0, 0.1) is 0 Å². The Morgan fingerprint density at radius 1 is 1.32 bits per heavy atom. The molecule has 0 unspecified atom stereocenters. The summed E-state index contributed by atoms with van der Waals surface area (Å²) in [5, 5.41) is 5.83. The molecule has 2 aromatic heterocycles. The maximum Gasteiger partial charge on any atom is 0.416 e. The Bertz CT molecular complexity index is 982. The zero-order valence-corrected chi connectivity index (χ0v) is 17.3. The molecule has 2 aromatic rings. The molecule has 4 heterocycles. The number of amides is 1. The molecule has 4 rings (SSSR count). The molecule has 31 heavy (non-hydrogen) atoms. The van der Waals surface area contributed by atoms with E-state index in [1.807, 2.05) is 18.7 Å². The number of pyridine rings is 2. The molecule has 1 fully saturated rings. The highest BCUT2D eigenvalue weighted by Crippen LogP contribution is 2.41. The fourth-order valence-corrected chi connectivity index (χ4v) is 4.02. The van der Waals surface area contributed by atoms with Crippen LogP contribution in [0.1, 0.15) is 43.9 Å². The number of hydrogen-bond donors (Lipinski definition) is 2. The molecular formula is C21H24F3N5O2. The minimum absolute atomic E-state index is 0.139. The van der Waals surface area contributed by atoms with Crippen LogP contribution in [0.2, 0.25) is 0 Å². The molecule has 0 aliphatic carbocycles. The first kappa shape index (κ1) is 21.4. The Hall–Kier alpha value is -2.88. The van der Waals surface area contributed by atoms with E-state index in [1.54, 1.807) is 6.07 Å². The molecule has 0 saturated carbocycles. The minimum atomic E-state index is -4.52. The fraction of sp³-hybridized carbons (Fsp3) is 0.476. The van der Waals surface area contributed by atoms with Crippen molar-refractivity contribution in [2.24, 2.45) is 0 Å². The van der Waals surface area contributed by atoms with Gasteiger partial charge < -0.3 is 15.0 Å². The molecule has 0 aromatic carbocycles. The maximum absolute atomic E-state index is 13.7. The number of fused-ring (bicyclic) bond motifs is 1. The summed E-state index contributed by atoms with van der Waals surface area (Å²) < 4.78 is 46.6. The molecule has 166 valence electrons. The SMILES string of the molecule is CCC[C@@H]1OC(=O)Nc2nccc(-c3cc(C(F)(F)F)cc(N4CCN[C@@H](C)C4)n3)c21. The number of halogens is 3. The molecule has 1 saturated heterocycles. The number of cyclic esters (lactones) is 1. The minimum Gasteiger partial charge on any atom is -0.441 e. The van der Waals surface area contributed by atoms with E-state index in [2.05, 4.69) is 20.6 Å². The van der Waals surface area contributed by atoms with Gasteiger partial charge in [-0.25, -0.2) is 14.8 Å². The van der Waals surface area contributed by atoms with Gasteiger partial charge in [0.1, 0.15) is 17.7 Å². The van der Waals surface area contributed by atoms with E-state index >= 15 is 0 Å². The maximum atomic E-state index is 13.7. The topological polar surface area (TPSA) is 79.4 Å². The number of nitrogens with zero attached hydrogens (tertiary/aromatic N) is 3. The van der Waals surface area contributed by atoms with E-state index in [0.717, 1.165) is 18.6 Å². The van der Waals surface area contributed by atoms with Crippen molar-refractivity contribution in [1.82, 2.24) is 15.3 Å². The Labute approximate surface area is 178 Å². The predicted octanol–water partition coefficient (Wildman–Crippen LogP) is 4.36. The van der Waals surface area contributed by atoms with E-state index in [1.165, 1.54) is 6.20 Å². The largest absolute Gasteiger partial charge is 0.441 e. The first-order chi connectivity index (χ1) is 14.8. The van der Waals surface area contributed by atoms with Gasteiger partial charge in [0.15, 0.2) is 0 Å². The van der Waals surface area contributed by atoms with Crippen LogP contribution in [0.4, 0.5) is 29.6 Å². The van der Waals surface area contributed by atoms with Crippen LogP contribution >= 0.6 is 0 Å². The molecule has 2 atom stereocenters. The summed E-state index contributed by atoms with van der Waals surface area (Å²) >= 11 is 0. The van der Waals surface area contributed by atoms with Gasteiger partial charge in [-0.15, -0.1) is 0 Å². The lowest BCUT2D eigenvalue weighted by molar-refractivity contribution is -0.137. The Morgan fingerprint density at radius 2 is 2.13 bits per heavy atom. The standard InChI is InChI=1S/C21H24F3N5O2/c1-3-4-16-18-14(5-6-26-19(18)28-20(30)31-16)15-9-13(21(22,23)24)10-17(27-15)29-8-7-25-12(2)11-29/h5-6,9-10,12,16,25H,3-4,7-8,11H2,1-2H3,(H,26,28,30)/t12-,16-/m0/s1. The Balaban J connectivity index is 1.85. The Morgan fingerprint density at radius 3 is 2.84 bits per heavy atom. The van der Waals surface area contributed by atoms with E-state index in [0.29, 0.717) is 43.0 Å². The number of anilines is 2. The number of hydrogen-bond acceptors (Lipinski definition) is 6. The molecular weight excluding hydrogens is 411 g/mol. The number of ether oxygens (including phenoxy) is 1. The number of nitrogens with one attached hydrogen (secondary N) is 2.